The molecule has 0 atom stereocenters. The fourth-order valence-corrected chi connectivity index (χ4v) is 10.6. The number of pyridine rings is 1. The molecule has 5 rings (SSSR count). The second-order valence-corrected chi connectivity index (χ2v) is 15.5. The summed E-state index contributed by atoms with van der Waals surface area (Å²) in [5.41, 5.74) is 3.23. The Morgan fingerprint density at radius 3 is 2.03 bits per heavy atom. The molecule has 2 aromatic heterocycles. The van der Waals surface area contributed by atoms with Crippen molar-refractivity contribution in [2.75, 3.05) is 6.61 Å². The zero-order chi connectivity index (χ0) is 26.6. The lowest BCUT2D eigenvalue weighted by Gasteiger charge is -2.43. The lowest BCUT2D eigenvalue weighted by atomic mass is 10.2. The monoisotopic (exact) mass is 538 g/mol. The van der Waals surface area contributed by atoms with Crippen molar-refractivity contribution in [2.45, 2.75) is 45.2 Å². The Balaban J connectivity index is 1.40. The number of fused-ring (bicyclic) bond motifs is 1. The third kappa shape index (κ3) is 4.96. The highest BCUT2D eigenvalue weighted by molar-refractivity contribution is 6.99. The largest absolute Gasteiger partial charge is 0.407 e. The first-order valence-corrected chi connectivity index (χ1v) is 15.6. The topological polar surface area (TPSA) is 27.1 Å². The van der Waals surface area contributed by atoms with Gasteiger partial charge in [-0.05, 0) is 46.5 Å². The Morgan fingerprint density at radius 1 is 0.789 bits per heavy atom. The molecule has 0 radical (unpaired) electrons. The normalized spacial score (nSPS) is 12.2. The highest BCUT2D eigenvalue weighted by Gasteiger charge is 2.49. The van der Waals surface area contributed by atoms with Crippen LogP contribution in [0.15, 0.2) is 109 Å². The summed E-state index contributed by atoms with van der Waals surface area (Å²) in [6, 6.07) is 34.1. The Hall–Kier alpha value is -3.18. The first-order valence-electron chi connectivity index (χ1n) is 13.4. The van der Waals surface area contributed by atoms with Crippen LogP contribution in [0.2, 0.25) is 10.1 Å². The summed E-state index contributed by atoms with van der Waals surface area (Å²) in [5, 5.41) is 4.49. The zero-order valence-electron chi connectivity index (χ0n) is 22.4. The number of hydrogen-bond acceptors (Lipinski definition) is 2. The van der Waals surface area contributed by atoms with E-state index in [1.807, 2.05) is 18.3 Å². The van der Waals surface area contributed by atoms with Crippen LogP contribution in [0.1, 0.15) is 33.6 Å². The van der Waals surface area contributed by atoms with Crippen molar-refractivity contribution in [2.24, 2.45) is 0 Å². The molecule has 0 unspecified atom stereocenters. The van der Waals surface area contributed by atoms with Gasteiger partial charge in [0.05, 0.1) is 16.2 Å². The van der Waals surface area contributed by atoms with Gasteiger partial charge >= 0.3 is 0 Å². The summed E-state index contributed by atoms with van der Waals surface area (Å²) >= 11 is 6.91. The van der Waals surface area contributed by atoms with Gasteiger partial charge in [0.1, 0.15) is 0 Å². The van der Waals surface area contributed by atoms with E-state index in [2.05, 4.69) is 115 Å². The minimum absolute atomic E-state index is 0.0205. The molecule has 5 aromatic rings. The fourth-order valence-electron chi connectivity index (χ4n) is 5.64. The van der Waals surface area contributed by atoms with E-state index in [-0.39, 0.29) is 5.04 Å². The van der Waals surface area contributed by atoms with Crippen molar-refractivity contribution < 1.29 is 4.43 Å². The number of rotatable bonds is 9. The number of aromatic nitrogens is 2. The van der Waals surface area contributed by atoms with Crippen LogP contribution in [-0.2, 0) is 11.0 Å². The molecular weight excluding hydrogens is 504 g/mol. The number of hydrogen-bond donors (Lipinski definition) is 0. The molecule has 38 heavy (non-hydrogen) atoms. The van der Waals surface area contributed by atoms with Gasteiger partial charge in [0.2, 0.25) is 0 Å². The van der Waals surface area contributed by atoms with Crippen LogP contribution in [0.5, 0.6) is 0 Å². The van der Waals surface area contributed by atoms with E-state index in [0.717, 1.165) is 46.6 Å². The van der Waals surface area contributed by atoms with E-state index in [0.29, 0.717) is 6.61 Å². The van der Waals surface area contributed by atoms with Crippen LogP contribution < -0.4 is 10.4 Å². The first kappa shape index (κ1) is 26.4. The lowest BCUT2D eigenvalue weighted by molar-refractivity contribution is 0.285. The van der Waals surface area contributed by atoms with Crippen molar-refractivity contribution in [3.05, 3.63) is 114 Å². The summed E-state index contributed by atoms with van der Waals surface area (Å²) in [6.45, 7) is 8.55. The van der Waals surface area contributed by atoms with Gasteiger partial charge in [-0.15, -0.1) is 0 Å². The Kier molecular flexibility index (Phi) is 7.85. The SMILES string of the molecule is CC(C)(C)[Si](OCCCCn1c(-c2cccnc2)c(Cl)c2ccccc21)(c1ccccc1)c1ccccc1. The molecule has 3 nitrogen and oxygen atoms in total. The summed E-state index contributed by atoms with van der Waals surface area (Å²) in [7, 11) is -2.52. The minimum atomic E-state index is -2.52. The van der Waals surface area contributed by atoms with Gasteiger partial charge in [-0.3, -0.25) is 4.98 Å². The number of benzene rings is 3. The van der Waals surface area contributed by atoms with E-state index in [4.69, 9.17) is 16.0 Å². The maximum absolute atomic E-state index is 7.11. The molecule has 0 spiro atoms. The number of para-hydroxylation sites is 1. The van der Waals surface area contributed by atoms with Crippen molar-refractivity contribution in [3.8, 4) is 11.3 Å². The molecule has 3 aromatic carbocycles. The highest BCUT2D eigenvalue weighted by Crippen LogP contribution is 2.38. The Bertz CT molecular complexity index is 1440. The van der Waals surface area contributed by atoms with Gasteiger partial charge in [-0.1, -0.05) is 111 Å². The standard InChI is InChI=1S/C33H35ClN2OSi/c1-33(2,3)38(27-16-6-4-7-17-27,28-18-8-5-9-19-28)37-24-13-12-23-36-30-21-11-10-20-29(30)31(34)32(36)26-15-14-22-35-25-26/h4-11,14-22,25H,12-13,23-24H2,1-3H3. The highest BCUT2D eigenvalue weighted by atomic mass is 35.5. The average molecular weight is 539 g/mol. The number of halogens is 1. The van der Waals surface area contributed by atoms with E-state index < -0.39 is 8.32 Å². The fraction of sp³-hybridized carbons (Fsp3) is 0.242. The van der Waals surface area contributed by atoms with Crippen molar-refractivity contribution in [1.82, 2.24) is 9.55 Å². The Labute approximate surface area is 232 Å². The van der Waals surface area contributed by atoms with Gasteiger partial charge in [-0.25, -0.2) is 0 Å². The molecule has 0 aliphatic rings. The van der Waals surface area contributed by atoms with E-state index in [9.17, 15) is 0 Å². The number of aryl methyl sites for hydroxylation is 1. The molecule has 0 saturated heterocycles. The third-order valence-corrected chi connectivity index (χ3v) is 12.8. The molecular formula is C33H35ClN2OSi. The van der Waals surface area contributed by atoms with E-state index >= 15 is 0 Å². The molecule has 194 valence electrons. The average Bonchev–Trinajstić information content (AvgIpc) is 3.23. The molecule has 0 aliphatic carbocycles. The van der Waals surface area contributed by atoms with Crippen molar-refractivity contribution in [1.29, 1.82) is 0 Å². The molecule has 0 aliphatic heterocycles. The van der Waals surface area contributed by atoms with Crippen LogP contribution in [0.4, 0.5) is 0 Å². The summed E-state index contributed by atoms with van der Waals surface area (Å²) in [6.07, 6.45) is 5.64. The number of nitrogens with zero attached hydrogens (tertiary/aromatic N) is 2. The number of unbranched alkanes of at least 4 members (excludes halogenated alkanes) is 1. The van der Waals surface area contributed by atoms with Crippen LogP contribution in [0.3, 0.4) is 0 Å². The quantitative estimate of drug-likeness (QED) is 0.142. The third-order valence-electron chi connectivity index (χ3n) is 7.36. The van der Waals surface area contributed by atoms with Gasteiger partial charge in [0, 0.05) is 36.5 Å². The predicted octanol–water partition coefficient (Wildman–Crippen LogP) is 7.71. The molecule has 0 amide bonds. The van der Waals surface area contributed by atoms with Crippen LogP contribution >= 0.6 is 11.6 Å². The maximum atomic E-state index is 7.11. The van der Waals surface area contributed by atoms with Crippen LogP contribution in [0, 0.1) is 0 Å². The molecule has 0 saturated carbocycles. The summed E-state index contributed by atoms with van der Waals surface area (Å²) < 4.78 is 9.45. The van der Waals surface area contributed by atoms with Crippen molar-refractivity contribution in [3.63, 3.8) is 0 Å². The van der Waals surface area contributed by atoms with Crippen LogP contribution in [0.25, 0.3) is 22.2 Å². The zero-order valence-corrected chi connectivity index (χ0v) is 24.2. The second kappa shape index (κ2) is 11.3. The van der Waals surface area contributed by atoms with Gasteiger partial charge in [0.25, 0.3) is 8.32 Å². The molecule has 2 heterocycles. The smallest absolute Gasteiger partial charge is 0.261 e. The first-order chi connectivity index (χ1) is 18.4. The van der Waals surface area contributed by atoms with Crippen LogP contribution in [-0.4, -0.2) is 24.5 Å². The van der Waals surface area contributed by atoms with Crippen molar-refractivity contribution >= 4 is 41.2 Å². The molecule has 0 fully saturated rings. The molecule has 5 heteroatoms. The van der Waals surface area contributed by atoms with E-state index in [1.54, 1.807) is 6.20 Å². The second-order valence-electron chi connectivity index (χ2n) is 10.8. The van der Waals surface area contributed by atoms with Gasteiger partial charge < -0.3 is 8.99 Å². The summed E-state index contributed by atoms with van der Waals surface area (Å²) in [5.74, 6) is 0. The lowest BCUT2D eigenvalue weighted by Crippen LogP contribution is -2.66. The van der Waals surface area contributed by atoms with Gasteiger partial charge in [-0.2, -0.15) is 0 Å². The van der Waals surface area contributed by atoms with E-state index in [1.165, 1.54) is 10.4 Å². The molecule has 0 N–H and O–H groups in total. The maximum Gasteiger partial charge on any atom is 0.261 e. The predicted molar refractivity (Wildman–Crippen MR) is 163 cm³/mol. The van der Waals surface area contributed by atoms with Gasteiger partial charge in [0.15, 0.2) is 0 Å². The summed E-state index contributed by atoms with van der Waals surface area (Å²) in [4.78, 5) is 4.34. The molecule has 0 bridgehead atoms. The Morgan fingerprint density at radius 2 is 1.42 bits per heavy atom. The minimum Gasteiger partial charge on any atom is -0.407 e.